The van der Waals surface area contributed by atoms with Gasteiger partial charge < -0.3 is 10.8 Å². The van der Waals surface area contributed by atoms with Gasteiger partial charge in [-0.15, -0.1) is 22.6 Å². The summed E-state index contributed by atoms with van der Waals surface area (Å²) in [4.78, 5) is 12.3. The maximum absolute atomic E-state index is 13.1. The number of aliphatic hydroxyl groups is 1. The molecule has 2 unspecified atom stereocenters. The summed E-state index contributed by atoms with van der Waals surface area (Å²) < 4.78 is 39.3. The van der Waals surface area contributed by atoms with E-state index in [1.165, 1.54) is 12.1 Å². The average Bonchev–Trinajstić information content (AvgIpc) is 3.48. The van der Waals surface area contributed by atoms with Crippen molar-refractivity contribution in [1.82, 2.24) is 0 Å². The third-order valence-corrected chi connectivity index (χ3v) is 6.27. The zero-order valence-electron chi connectivity index (χ0n) is 18.3. The van der Waals surface area contributed by atoms with Gasteiger partial charge in [0.05, 0.1) is 12.0 Å². The van der Waals surface area contributed by atoms with Gasteiger partial charge in [-0.05, 0) is 50.5 Å². The third kappa shape index (κ3) is 5.27. The van der Waals surface area contributed by atoms with Crippen LogP contribution in [0.15, 0.2) is 34.5 Å². The maximum Gasteiger partial charge on any atom is 0.442 e. The summed E-state index contributed by atoms with van der Waals surface area (Å²) in [6.07, 6.45) is 1.76. The van der Waals surface area contributed by atoms with Crippen molar-refractivity contribution in [2.75, 3.05) is 0 Å². The molecule has 0 aliphatic carbocycles. The first-order valence-corrected chi connectivity index (χ1v) is 10.3. The molecule has 1 aromatic rings. The van der Waals surface area contributed by atoms with Gasteiger partial charge in [0.15, 0.2) is 0 Å². The largest absolute Gasteiger partial charge is 0.442 e. The van der Waals surface area contributed by atoms with Crippen molar-refractivity contribution in [2.24, 2.45) is 32.7 Å². The standard InChI is InChI=1S/C23H30F3N3O2/c1-6-20(3,4)14-21(5,7-2)18(19(27)31)17(30)13-10-15-8-11-16(12-9-15)22(28-29-22)23(24,25)26/h1,8-9,11-12,17-18,30H,7,10,13-14H2,2-5H3,(H2,27,31)/t17?,18-,21?/m1/s1. The van der Waals surface area contributed by atoms with Crippen LogP contribution in [0.2, 0.25) is 0 Å². The lowest BCUT2D eigenvalue weighted by Crippen LogP contribution is -2.46. The molecule has 31 heavy (non-hydrogen) atoms. The summed E-state index contributed by atoms with van der Waals surface area (Å²) in [6, 6.07) is 5.79. The normalized spacial score (nSPS) is 19.2. The quantitative estimate of drug-likeness (QED) is 0.519. The molecule has 1 aliphatic heterocycles. The number of rotatable bonds is 10. The molecule has 0 saturated heterocycles. The van der Waals surface area contributed by atoms with E-state index < -0.39 is 40.6 Å². The van der Waals surface area contributed by atoms with Crippen molar-refractivity contribution >= 4 is 5.91 Å². The number of alkyl halides is 3. The van der Waals surface area contributed by atoms with E-state index >= 15 is 0 Å². The van der Waals surface area contributed by atoms with Crippen LogP contribution >= 0.6 is 0 Å². The van der Waals surface area contributed by atoms with Gasteiger partial charge >= 0.3 is 11.8 Å². The van der Waals surface area contributed by atoms with E-state index in [9.17, 15) is 23.1 Å². The molecule has 8 heteroatoms. The number of amides is 1. The van der Waals surface area contributed by atoms with Gasteiger partial charge in [-0.2, -0.15) is 13.2 Å². The van der Waals surface area contributed by atoms with Crippen LogP contribution in [-0.2, 0) is 16.9 Å². The Hall–Kier alpha value is -2.40. The van der Waals surface area contributed by atoms with Crippen LogP contribution in [0.5, 0.6) is 0 Å². The Bertz CT molecular complexity index is 866. The molecule has 0 spiro atoms. The van der Waals surface area contributed by atoms with Gasteiger partial charge in [-0.25, -0.2) is 0 Å². The molecular weight excluding hydrogens is 407 g/mol. The van der Waals surface area contributed by atoms with E-state index in [0.29, 0.717) is 19.3 Å². The second kappa shape index (κ2) is 8.62. The zero-order chi connectivity index (χ0) is 23.7. The zero-order valence-corrected chi connectivity index (χ0v) is 18.3. The van der Waals surface area contributed by atoms with Crippen molar-refractivity contribution in [3.8, 4) is 12.3 Å². The van der Waals surface area contributed by atoms with E-state index in [4.69, 9.17) is 12.2 Å². The molecule has 1 aromatic carbocycles. The fraction of sp³-hybridized carbons (Fsp3) is 0.609. The lowest BCUT2D eigenvalue weighted by atomic mass is 9.63. The molecule has 0 saturated carbocycles. The third-order valence-electron chi connectivity index (χ3n) is 6.27. The van der Waals surface area contributed by atoms with Crippen LogP contribution in [0.1, 0.15) is 58.1 Å². The maximum atomic E-state index is 13.1. The Labute approximate surface area is 181 Å². The van der Waals surface area contributed by atoms with Gasteiger partial charge in [-0.1, -0.05) is 38.1 Å². The summed E-state index contributed by atoms with van der Waals surface area (Å²) in [7, 11) is 0. The molecule has 1 amide bonds. The fourth-order valence-corrected chi connectivity index (χ4v) is 4.34. The Balaban J connectivity index is 2.11. The molecular formula is C23H30F3N3O2. The van der Waals surface area contributed by atoms with Crippen LogP contribution in [0, 0.1) is 29.1 Å². The number of halogens is 3. The predicted molar refractivity (Wildman–Crippen MR) is 112 cm³/mol. The minimum atomic E-state index is -4.57. The van der Waals surface area contributed by atoms with Crippen molar-refractivity contribution in [3.05, 3.63) is 35.4 Å². The number of terminal acetylenes is 1. The number of benzene rings is 1. The highest BCUT2D eigenvalue weighted by molar-refractivity contribution is 5.78. The van der Waals surface area contributed by atoms with E-state index in [0.717, 1.165) is 5.56 Å². The van der Waals surface area contributed by atoms with Gasteiger partial charge in [-0.3, -0.25) is 4.79 Å². The number of aliphatic hydroxyl groups excluding tert-OH is 1. The van der Waals surface area contributed by atoms with E-state index in [-0.39, 0.29) is 12.0 Å². The second-order valence-corrected chi connectivity index (χ2v) is 9.27. The summed E-state index contributed by atoms with van der Waals surface area (Å²) in [5.41, 5.74) is 2.83. The molecule has 3 N–H and O–H groups in total. The lowest BCUT2D eigenvalue weighted by Gasteiger charge is -2.41. The molecule has 170 valence electrons. The van der Waals surface area contributed by atoms with Crippen LogP contribution in [-0.4, -0.2) is 23.3 Å². The Morgan fingerprint density at radius 3 is 2.16 bits per heavy atom. The van der Waals surface area contributed by atoms with E-state index in [1.807, 2.05) is 27.7 Å². The highest BCUT2D eigenvalue weighted by Crippen LogP contribution is 2.52. The van der Waals surface area contributed by atoms with Crippen molar-refractivity contribution in [3.63, 3.8) is 0 Å². The number of primary amides is 1. The van der Waals surface area contributed by atoms with Crippen molar-refractivity contribution in [2.45, 2.75) is 71.3 Å². The minimum Gasteiger partial charge on any atom is -0.392 e. The summed E-state index contributed by atoms with van der Waals surface area (Å²) in [5, 5.41) is 17.2. The van der Waals surface area contributed by atoms with Gasteiger partial charge in [0, 0.05) is 11.0 Å². The Kier molecular flexibility index (Phi) is 6.91. The van der Waals surface area contributed by atoms with Crippen LogP contribution in [0.25, 0.3) is 0 Å². The van der Waals surface area contributed by atoms with Gasteiger partial charge in [0.2, 0.25) is 5.91 Å². The van der Waals surface area contributed by atoms with Crippen molar-refractivity contribution in [1.29, 1.82) is 0 Å². The lowest BCUT2D eigenvalue weighted by molar-refractivity contribution is -0.166. The number of aryl methyl sites for hydroxylation is 1. The first-order chi connectivity index (χ1) is 14.2. The second-order valence-electron chi connectivity index (χ2n) is 9.27. The topological polar surface area (TPSA) is 88.0 Å². The predicted octanol–water partition coefficient (Wildman–Crippen LogP) is 4.73. The molecule has 0 radical (unpaired) electrons. The Morgan fingerprint density at radius 2 is 1.77 bits per heavy atom. The van der Waals surface area contributed by atoms with E-state index in [1.54, 1.807) is 12.1 Å². The van der Waals surface area contributed by atoms with Crippen LogP contribution in [0.3, 0.4) is 0 Å². The fourth-order valence-electron chi connectivity index (χ4n) is 4.34. The van der Waals surface area contributed by atoms with Gasteiger partial charge in [0.1, 0.15) is 0 Å². The number of nitrogens with two attached hydrogens (primary N) is 1. The highest BCUT2D eigenvalue weighted by Gasteiger charge is 2.65. The molecule has 0 bridgehead atoms. The summed E-state index contributed by atoms with van der Waals surface area (Å²) in [5.74, 6) is 1.33. The summed E-state index contributed by atoms with van der Waals surface area (Å²) >= 11 is 0. The first kappa shape index (κ1) is 24.9. The van der Waals surface area contributed by atoms with E-state index in [2.05, 4.69) is 16.1 Å². The smallest absolute Gasteiger partial charge is 0.392 e. The van der Waals surface area contributed by atoms with Crippen molar-refractivity contribution < 1.29 is 23.1 Å². The molecule has 0 fully saturated rings. The highest BCUT2D eigenvalue weighted by atomic mass is 19.4. The van der Waals surface area contributed by atoms with Crippen LogP contribution < -0.4 is 5.73 Å². The average molecular weight is 438 g/mol. The summed E-state index contributed by atoms with van der Waals surface area (Å²) in [6.45, 7) is 7.63. The molecule has 3 atom stereocenters. The Morgan fingerprint density at radius 1 is 1.23 bits per heavy atom. The molecule has 5 nitrogen and oxygen atoms in total. The number of hydrogen-bond acceptors (Lipinski definition) is 4. The molecule has 0 aromatic heterocycles. The SMILES string of the molecule is C#CC(C)(C)CC(C)(CC)[C@@H](C(N)=O)C(O)CCc1ccc(C2(C(F)(F)F)N=N2)cc1. The monoisotopic (exact) mass is 437 g/mol. The van der Waals surface area contributed by atoms with Gasteiger partial charge in [0.25, 0.3) is 0 Å². The van der Waals surface area contributed by atoms with Crippen LogP contribution in [0.4, 0.5) is 13.2 Å². The number of nitrogens with zero attached hydrogens (tertiary/aromatic N) is 2. The first-order valence-electron chi connectivity index (χ1n) is 10.3. The number of hydrogen-bond donors (Lipinski definition) is 2. The number of carbonyl (C=O) groups is 1. The molecule has 1 heterocycles. The molecule has 1 aliphatic rings. The molecule has 2 rings (SSSR count). The number of carbonyl (C=O) groups excluding carboxylic acids is 1. The minimum absolute atomic E-state index is 0.0469.